The summed E-state index contributed by atoms with van der Waals surface area (Å²) in [4.78, 5) is 15.5. The third-order valence-corrected chi connectivity index (χ3v) is 3.33. The third-order valence-electron chi connectivity index (χ3n) is 2.28. The molecule has 0 aliphatic rings. The predicted molar refractivity (Wildman–Crippen MR) is 67.2 cm³/mol. The second kappa shape index (κ2) is 5.64. The fourth-order valence-electron chi connectivity index (χ4n) is 1.47. The molecular weight excluding hydrogens is 253 g/mol. The summed E-state index contributed by atoms with van der Waals surface area (Å²) in [7, 11) is 0. The zero-order valence-electron chi connectivity index (χ0n) is 9.34. The Morgan fingerprint density at radius 3 is 2.89 bits per heavy atom. The highest BCUT2D eigenvalue weighted by atomic mass is 32.2. The Hall–Kier alpha value is -1.88. The van der Waals surface area contributed by atoms with Gasteiger partial charge in [0.1, 0.15) is 5.82 Å². The first-order valence-electron chi connectivity index (χ1n) is 5.22. The standard InChI is InChI=1S/C13H10FNO2S/c14-10-4-1-5-11(7-10)18-8-9-3-2-6-15-12(9)13(16)17/h1-7H,8H2,(H,16,17). The minimum Gasteiger partial charge on any atom is -0.477 e. The van der Waals surface area contributed by atoms with E-state index in [9.17, 15) is 9.18 Å². The summed E-state index contributed by atoms with van der Waals surface area (Å²) < 4.78 is 13.0. The van der Waals surface area contributed by atoms with Gasteiger partial charge < -0.3 is 5.11 Å². The Balaban J connectivity index is 2.13. The Bertz CT molecular complexity index is 574. The number of benzene rings is 1. The molecule has 1 aromatic carbocycles. The summed E-state index contributed by atoms with van der Waals surface area (Å²) in [5, 5.41) is 8.98. The van der Waals surface area contributed by atoms with E-state index in [1.165, 1.54) is 30.1 Å². The molecule has 0 amide bonds. The molecule has 0 spiro atoms. The van der Waals surface area contributed by atoms with Crippen molar-refractivity contribution in [3.8, 4) is 0 Å². The summed E-state index contributed by atoms with van der Waals surface area (Å²) in [6.45, 7) is 0. The van der Waals surface area contributed by atoms with E-state index in [1.54, 1.807) is 24.3 Å². The normalized spacial score (nSPS) is 10.3. The monoisotopic (exact) mass is 263 g/mol. The highest BCUT2D eigenvalue weighted by Crippen LogP contribution is 2.24. The number of aromatic nitrogens is 1. The zero-order chi connectivity index (χ0) is 13.0. The molecule has 0 unspecified atom stereocenters. The number of carbonyl (C=O) groups is 1. The van der Waals surface area contributed by atoms with Gasteiger partial charge in [0.2, 0.25) is 0 Å². The van der Waals surface area contributed by atoms with Gasteiger partial charge in [-0.25, -0.2) is 14.2 Å². The predicted octanol–water partition coefficient (Wildman–Crippen LogP) is 3.21. The first kappa shape index (κ1) is 12.6. The Morgan fingerprint density at radius 1 is 1.33 bits per heavy atom. The van der Waals surface area contributed by atoms with Gasteiger partial charge in [0, 0.05) is 16.8 Å². The van der Waals surface area contributed by atoms with Crippen LogP contribution in [-0.2, 0) is 5.75 Å². The fraction of sp³-hybridized carbons (Fsp3) is 0.0769. The van der Waals surface area contributed by atoms with Crippen LogP contribution in [0.2, 0.25) is 0 Å². The smallest absolute Gasteiger partial charge is 0.354 e. The lowest BCUT2D eigenvalue weighted by atomic mass is 10.2. The van der Waals surface area contributed by atoms with Crippen molar-refractivity contribution in [1.29, 1.82) is 0 Å². The summed E-state index contributed by atoms with van der Waals surface area (Å²) in [5.41, 5.74) is 0.667. The van der Waals surface area contributed by atoms with Crippen molar-refractivity contribution in [2.45, 2.75) is 10.6 Å². The lowest BCUT2D eigenvalue weighted by Gasteiger charge is -2.04. The molecule has 5 heteroatoms. The van der Waals surface area contributed by atoms with Crippen LogP contribution >= 0.6 is 11.8 Å². The van der Waals surface area contributed by atoms with Gasteiger partial charge in [-0.1, -0.05) is 12.1 Å². The fourth-order valence-corrected chi connectivity index (χ4v) is 2.39. The summed E-state index contributed by atoms with van der Waals surface area (Å²) in [6, 6.07) is 9.60. The van der Waals surface area contributed by atoms with E-state index in [0.29, 0.717) is 11.3 Å². The third kappa shape index (κ3) is 3.07. The van der Waals surface area contributed by atoms with Gasteiger partial charge in [0.05, 0.1) is 0 Å². The number of carboxylic acid groups (broad SMARTS) is 1. The quantitative estimate of drug-likeness (QED) is 0.860. The number of aromatic carboxylic acids is 1. The number of carboxylic acids is 1. The van der Waals surface area contributed by atoms with E-state index in [1.807, 2.05) is 0 Å². The van der Waals surface area contributed by atoms with Crippen molar-refractivity contribution in [1.82, 2.24) is 4.98 Å². The van der Waals surface area contributed by atoms with Crippen LogP contribution in [-0.4, -0.2) is 16.1 Å². The molecule has 0 radical (unpaired) electrons. The average Bonchev–Trinajstić information content (AvgIpc) is 2.37. The number of pyridine rings is 1. The average molecular weight is 263 g/mol. The van der Waals surface area contributed by atoms with Gasteiger partial charge in [-0.15, -0.1) is 11.8 Å². The molecular formula is C13H10FNO2S. The van der Waals surface area contributed by atoms with Crippen LogP contribution in [0.3, 0.4) is 0 Å². The molecule has 1 heterocycles. The van der Waals surface area contributed by atoms with Crippen LogP contribution in [0.1, 0.15) is 16.1 Å². The summed E-state index contributed by atoms with van der Waals surface area (Å²) in [5.74, 6) is -0.908. The van der Waals surface area contributed by atoms with Crippen LogP contribution in [0.25, 0.3) is 0 Å². The first-order chi connectivity index (χ1) is 8.66. The topological polar surface area (TPSA) is 50.2 Å². The van der Waals surface area contributed by atoms with Crippen molar-refractivity contribution in [2.75, 3.05) is 0 Å². The molecule has 3 nitrogen and oxygen atoms in total. The Morgan fingerprint density at radius 2 is 2.17 bits per heavy atom. The van der Waals surface area contributed by atoms with Crippen LogP contribution in [0.4, 0.5) is 4.39 Å². The van der Waals surface area contributed by atoms with Crippen molar-refractivity contribution in [2.24, 2.45) is 0 Å². The second-order valence-corrected chi connectivity index (χ2v) is 4.61. The van der Waals surface area contributed by atoms with Crippen molar-refractivity contribution < 1.29 is 14.3 Å². The van der Waals surface area contributed by atoms with Crippen LogP contribution < -0.4 is 0 Å². The minimum absolute atomic E-state index is 0.0430. The number of halogens is 1. The summed E-state index contributed by atoms with van der Waals surface area (Å²) >= 11 is 1.38. The molecule has 18 heavy (non-hydrogen) atoms. The summed E-state index contributed by atoms with van der Waals surface area (Å²) in [6.07, 6.45) is 1.44. The molecule has 0 bridgehead atoms. The van der Waals surface area contributed by atoms with Crippen molar-refractivity contribution in [3.05, 3.63) is 59.7 Å². The maximum absolute atomic E-state index is 13.0. The van der Waals surface area contributed by atoms with E-state index in [4.69, 9.17) is 5.11 Å². The van der Waals surface area contributed by atoms with Crippen LogP contribution in [0.5, 0.6) is 0 Å². The lowest BCUT2D eigenvalue weighted by molar-refractivity contribution is 0.0689. The number of hydrogen-bond donors (Lipinski definition) is 1. The van der Waals surface area contributed by atoms with Gasteiger partial charge in [-0.2, -0.15) is 0 Å². The van der Waals surface area contributed by atoms with Crippen molar-refractivity contribution in [3.63, 3.8) is 0 Å². The molecule has 2 rings (SSSR count). The molecule has 0 aliphatic heterocycles. The minimum atomic E-state index is -1.05. The maximum Gasteiger partial charge on any atom is 0.354 e. The molecule has 1 N–H and O–H groups in total. The Labute approximate surface area is 108 Å². The highest BCUT2D eigenvalue weighted by molar-refractivity contribution is 7.98. The lowest BCUT2D eigenvalue weighted by Crippen LogP contribution is -2.04. The van der Waals surface area contributed by atoms with Gasteiger partial charge in [-0.05, 0) is 29.8 Å². The molecule has 0 saturated carbocycles. The second-order valence-electron chi connectivity index (χ2n) is 3.56. The molecule has 1 aromatic heterocycles. The highest BCUT2D eigenvalue weighted by Gasteiger charge is 2.10. The molecule has 0 aliphatic carbocycles. The number of hydrogen-bond acceptors (Lipinski definition) is 3. The first-order valence-corrected chi connectivity index (χ1v) is 6.21. The SMILES string of the molecule is O=C(O)c1ncccc1CSc1cccc(F)c1. The van der Waals surface area contributed by atoms with E-state index in [-0.39, 0.29) is 11.5 Å². The van der Waals surface area contributed by atoms with Crippen molar-refractivity contribution >= 4 is 17.7 Å². The Kier molecular flexibility index (Phi) is 3.94. The van der Waals surface area contributed by atoms with E-state index >= 15 is 0 Å². The molecule has 92 valence electrons. The largest absolute Gasteiger partial charge is 0.477 e. The molecule has 0 fully saturated rings. The number of nitrogens with zero attached hydrogens (tertiary/aromatic N) is 1. The van der Waals surface area contributed by atoms with E-state index < -0.39 is 5.97 Å². The van der Waals surface area contributed by atoms with Crippen LogP contribution in [0, 0.1) is 5.82 Å². The number of thioether (sulfide) groups is 1. The van der Waals surface area contributed by atoms with Crippen LogP contribution in [0.15, 0.2) is 47.5 Å². The molecule has 0 saturated heterocycles. The molecule has 2 aromatic rings. The molecule has 0 atom stereocenters. The zero-order valence-corrected chi connectivity index (χ0v) is 10.2. The maximum atomic E-state index is 13.0. The number of rotatable bonds is 4. The van der Waals surface area contributed by atoms with Gasteiger partial charge in [0.25, 0.3) is 0 Å². The van der Waals surface area contributed by atoms with E-state index in [2.05, 4.69) is 4.98 Å². The van der Waals surface area contributed by atoms with Gasteiger partial charge in [0.15, 0.2) is 5.69 Å². The van der Waals surface area contributed by atoms with Gasteiger partial charge >= 0.3 is 5.97 Å². The van der Waals surface area contributed by atoms with Gasteiger partial charge in [-0.3, -0.25) is 0 Å². The van der Waals surface area contributed by atoms with E-state index in [0.717, 1.165) is 4.90 Å².